The van der Waals surface area contributed by atoms with Gasteiger partial charge in [-0.3, -0.25) is 14.8 Å². The van der Waals surface area contributed by atoms with Gasteiger partial charge in [0.2, 0.25) is 0 Å². The lowest BCUT2D eigenvalue weighted by molar-refractivity contribution is -0.385. The Morgan fingerprint density at radius 3 is 2.88 bits per heavy atom. The molecule has 0 aromatic carbocycles. The summed E-state index contributed by atoms with van der Waals surface area (Å²) in [6.45, 7) is 7.91. The van der Waals surface area contributed by atoms with E-state index in [4.69, 9.17) is 0 Å². The molecule has 17 heavy (non-hydrogen) atoms. The van der Waals surface area contributed by atoms with E-state index in [1.807, 2.05) is 0 Å². The molecule has 1 aromatic heterocycles. The van der Waals surface area contributed by atoms with Gasteiger partial charge in [-0.2, -0.15) is 5.10 Å². The highest BCUT2D eigenvalue weighted by Gasteiger charge is 2.20. The number of rotatable bonds is 4. The Kier molecular flexibility index (Phi) is 3.42. The Morgan fingerprint density at radius 1 is 1.59 bits per heavy atom. The van der Waals surface area contributed by atoms with E-state index >= 15 is 0 Å². The lowest BCUT2D eigenvalue weighted by Crippen LogP contribution is -2.25. The molecule has 1 aliphatic heterocycles. The third-order valence-corrected chi connectivity index (χ3v) is 3.41. The normalized spacial score (nSPS) is 20.9. The van der Waals surface area contributed by atoms with Gasteiger partial charge in [0, 0.05) is 13.1 Å². The Labute approximate surface area is 100 Å². The van der Waals surface area contributed by atoms with Crippen LogP contribution in [0.15, 0.2) is 6.20 Å². The van der Waals surface area contributed by atoms with Crippen molar-refractivity contribution in [2.75, 3.05) is 19.6 Å². The van der Waals surface area contributed by atoms with Crippen molar-refractivity contribution in [3.05, 3.63) is 22.0 Å². The van der Waals surface area contributed by atoms with Crippen molar-refractivity contribution in [2.45, 2.75) is 26.8 Å². The molecule has 1 aliphatic rings. The molecule has 1 unspecified atom stereocenters. The second-order valence-electron chi connectivity index (χ2n) is 4.79. The average molecular weight is 238 g/mol. The molecule has 0 saturated carbocycles. The minimum Gasteiger partial charge on any atom is -0.301 e. The van der Waals surface area contributed by atoms with Gasteiger partial charge in [0.25, 0.3) is 0 Å². The summed E-state index contributed by atoms with van der Waals surface area (Å²) in [5.41, 5.74) is 0.752. The molecule has 1 fully saturated rings. The van der Waals surface area contributed by atoms with Gasteiger partial charge in [-0.25, -0.2) is 0 Å². The first-order valence-electron chi connectivity index (χ1n) is 5.97. The number of likely N-dealkylation sites (tertiary alicyclic amines) is 1. The van der Waals surface area contributed by atoms with Crippen molar-refractivity contribution in [2.24, 2.45) is 5.92 Å². The van der Waals surface area contributed by atoms with E-state index in [0.29, 0.717) is 5.69 Å². The van der Waals surface area contributed by atoms with Gasteiger partial charge in [-0.1, -0.05) is 6.92 Å². The lowest BCUT2D eigenvalue weighted by Gasteiger charge is -2.15. The summed E-state index contributed by atoms with van der Waals surface area (Å²) in [6, 6.07) is 0. The van der Waals surface area contributed by atoms with E-state index in [1.165, 1.54) is 12.6 Å². The van der Waals surface area contributed by atoms with Gasteiger partial charge in [-0.15, -0.1) is 0 Å². The van der Waals surface area contributed by atoms with E-state index < -0.39 is 0 Å². The monoisotopic (exact) mass is 238 g/mol. The van der Waals surface area contributed by atoms with Gasteiger partial charge in [0.15, 0.2) is 0 Å². The molecule has 6 heteroatoms. The smallest absolute Gasteiger partial charge is 0.301 e. The molecular formula is C11H18N4O2. The molecule has 1 saturated heterocycles. The second kappa shape index (κ2) is 4.83. The molecule has 0 radical (unpaired) electrons. The summed E-state index contributed by atoms with van der Waals surface area (Å²) >= 11 is 0. The molecule has 0 N–H and O–H groups in total. The van der Waals surface area contributed by atoms with Crippen molar-refractivity contribution in [3.63, 3.8) is 0 Å². The van der Waals surface area contributed by atoms with Crippen LogP contribution in [0.4, 0.5) is 5.69 Å². The van der Waals surface area contributed by atoms with Crippen molar-refractivity contribution in [1.29, 1.82) is 0 Å². The topological polar surface area (TPSA) is 64.2 Å². The van der Waals surface area contributed by atoms with E-state index in [9.17, 15) is 10.1 Å². The highest BCUT2D eigenvalue weighted by molar-refractivity contribution is 5.31. The van der Waals surface area contributed by atoms with Gasteiger partial charge in [0.1, 0.15) is 11.9 Å². The van der Waals surface area contributed by atoms with Crippen LogP contribution in [0.1, 0.15) is 19.0 Å². The Balaban J connectivity index is 1.93. The maximum atomic E-state index is 10.7. The van der Waals surface area contributed by atoms with Crippen LogP contribution in [0.2, 0.25) is 0 Å². The second-order valence-corrected chi connectivity index (χ2v) is 4.79. The fourth-order valence-corrected chi connectivity index (χ4v) is 2.31. The quantitative estimate of drug-likeness (QED) is 0.588. The molecule has 1 atom stereocenters. The highest BCUT2D eigenvalue weighted by Crippen LogP contribution is 2.17. The van der Waals surface area contributed by atoms with Gasteiger partial charge >= 0.3 is 5.69 Å². The molecule has 6 nitrogen and oxygen atoms in total. The van der Waals surface area contributed by atoms with E-state index in [2.05, 4.69) is 16.9 Å². The third-order valence-electron chi connectivity index (χ3n) is 3.41. The van der Waals surface area contributed by atoms with Crippen LogP contribution in [0, 0.1) is 23.0 Å². The maximum absolute atomic E-state index is 10.7. The van der Waals surface area contributed by atoms with Crippen LogP contribution in [0.3, 0.4) is 0 Å². The van der Waals surface area contributed by atoms with Gasteiger partial charge in [-0.05, 0) is 25.8 Å². The third kappa shape index (κ3) is 2.63. The fraction of sp³-hybridized carbons (Fsp3) is 0.727. The SMILES string of the molecule is Cc1c([N+](=O)[O-])cnn1CCN1CCC(C)C1. The average Bonchev–Trinajstić information content (AvgIpc) is 2.82. The molecule has 0 spiro atoms. The molecule has 1 aromatic rings. The van der Waals surface area contributed by atoms with Crippen LogP contribution in [0.25, 0.3) is 0 Å². The zero-order chi connectivity index (χ0) is 12.4. The fourth-order valence-electron chi connectivity index (χ4n) is 2.31. The maximum Gasteiger partial charge on any atom is 0.309 e. The number of nitro groups is 1. The first-order valence-corrected chi connectivity index (χ1v) is 5.97. The summed E-state index contributed by atoms with van der Waals surface area (Å²) in [6.07, 6.45) is 2.58. The van der Waals surface area contributed by atoms with Crippen LogP contribution in [0.5, 0.6) is 0 Å². The Bertz CT molecular complexity index is 416. The zero-order valence-electron chi connectivity index (χ0n) is 10.3. The highest BCUT2D eigenvalue weighted by atomic mass is 16.6. The van der Waals surface area contributed by atoms with E-state index in [1.54, 1.807) is 11.6 Å². The minimum atomic E-state index is -0.378. The molecule has 0 aliphatic carbocycles. The lowest BCUT2D eigenvalue weighted by atomic mass is 10.2. The number of aromatic nitrogens is 2. The van der Waals surface area contributed by atoms with E-state index in [0.717, 1.165) is 32.1 Å². The first-order chi connectivity index (χ1) is 8.08. The van der Waals surface area contributed by atoms with Crippen molar-refractivity contribution in [3.8, 4) is 0 Å². The van der Waals surface area contributed by atoms with Crippen molar-refractivity contribution >= 4 is 5.69 Å². The Morgan fingerprint density at radius 2 is 2.35 bits per heavy atom. The van der Waals surface area contributed by atoms with E-state index in [-0.39, 0.29) is 10.6 Å². The standard InChI is InChI=1S/C11H18N4O2/c1-9-3-4-13(8-9)5-6-14-10(2)11(7-12-14)15(16)17/h7,9H,3-6,8H2,1-2H3. The zero-order valence-corrected chi connectivity index (χ0v) is 10.3. The largest absolute Gasteiger partial charge is 0.309 e. The summed E-state index contributed by atoms with van der Waals surface area (Å²) in [5.74, 6) is 0.767. The molecule has 0 amide bonds. The van der Waals surface area contributed by atoms with Gasteiger partial charge in [0.05, 0.1) is 11.5 Å². The Hall–Kier alpha value is -1.43. The predicted molar refractivity (Wildman–Crippen MR) is 63.8 cm³/mol. The summed E-state index contributed by atoms with van der Waals surface area (Å²) in [5, 5.41) is 14.7. The summed E-state index contributed by atoms with van der Waals surface area (Å²) < 4.78 is 1.72. The van der Waals surface area contributed by atoms with Crippen molar-refractivity contribution < 1.29 is 4.92 Å². The summed E-state index contributed by atoms with van der Waals surface area (Å²) in [7, 11) is 0. The minimum absolute atomic E-state index is 0.111. The van der Waals surface area contributed by atoms with Crippen LogP contribution >= 0.6 is 0 Å². The first kappa shape index (κ1) is 12.0. The van der Waals surface area contributed by atoms with Crippen molar-refractivity contribution in [1.82, 2.24) is 14.7 Å². The number of hydrogen-bond donors (Lipinski definition) is 0. The molecular weight excluding hydrogens is 220 g/mol. The molecule has 0 bridgehead atoms. The summed E-state index contributed by atoms with van der Waals surface area (Å²) in [4.78, 5) is 12.7. The number of hydrogen-bond acceptors (Lipinski definition) is 4. The molecule has 2 heterocycles. The van der Waals surface area contributed by atoms with Gasteiger partial charge < -0.3 is 4.90 Å². The van der Waals surface area contributed by atoms with Crippen LogP contribution in [-0.2, 0) is 6.54 Å². The molecule has 94 valence electrons. The molecule has 2 rings (SSSR count). The number of nitrogens with zero attached hydrogens (tertiary/aromatic N) is 4. The van der Waals surface area contributed by atoms with Crippen LogP contribution < -0.4 is 0 Å². The van der Waals surface area contributed by atoms with Crippen LogP contribution in [-0.4, -0.2) is 39.2 Å². The predicted octanol–water partition coefficient (Wildman–Crippen LogP) is 1.44.